The topological polar surface area (TPSA) is 78.5 Å². The molecule has 2 heterocycles. The molecule has 0 spiro atoms. The summed E-state index contributed by atoms with van der Waals surface area (Å²) in [5.74, 6) is -0.0456. The summed E-state index contributed by atoms with van der Waals surface area (Å²) in [7, 11) is 0. The lowest BCUT2D eigenvalue weighted by molar-refractivity contribution is -0.0667. The average Bonchev–Trinajstić information content (AvgIpc) is 2.94. The van der Waals surface area contributed by atoms with Crippen molar-refractivity contribution < 1.29 is 14.6 Å². The molecule has 1 aliphatic rings. The van der Waals surface area contributed by atoms with Crippen LogP contribution in [0.3, 0.4) is 0 Å². The summed E-state index contributed by atoms with van der Waals surface area (Å²) >= 11 is 0. The van der Waals surface area contributed by atoms with Crippen molar-refractivity contribution >= 4 is 16.8 Å². The van der Waals surface area contributed by atoms with Gasteiger partial charge in [-0.15, -0.1) is 0 Å². The van der Waals surface area contributed by atoms with E-state index in [0.29, 0.717) is 18.7 Å². The number of morpholine rings is 1. The fourth-order valence-electron chi connectivity index (χ4n) is 2.45. The van der Waals surface area contributed by atoms with Gasteiger partial charge in [0, 0.05) is 17.5 Å². The van der Waals surface area contributed by atoms with E-state index in [0.717, 1.165) is 10.9 Å². The van der Waals surface area contributed by atoms with E-state index in [1.807, 2.05) is 13.0 Å². The molecule has 1 aromatic carbocycles. The average molecular weight is 275 g/mol. The predicted octanol–water partition coefficient (Wildman–Crippen LogP) is 0.785. The van der Waals surface area contributed by atoms with E-state index in [4.69, 9.17) is 4.74 Å². The second-order valence-corrected chi connectivity index (χ2v) is 5.12. The highest BCUT2D eigenvalue weighted by atomic mass is 16.5. The number of nitrogens with one attached hydrogen (secondary N) is 1. The molecule has 1 amide bonds. The number of ether oxygens (including phenoxy) is 1. The Balaban J connectivity index is 1.86. The summed E-state index contributed by atoms with van der Waals surface area (Å²) in [6.07, 6.45) is 1.42. The summed E-state index contributed by atoms with van der Waals surface area (Å²) in [5.41, 5.74) is 1.46. The number of carbonyl (C=O) groups excluding carboxylic acids is 1. The summed E-state index contributed by atoms with van der Waals surface area (Å²) in [5, 5.41) is 17.0. The quantitative estimate of drug-likeness (QED) is 0.849. The van der Waals surface area contributed by atoms with Crippen LogP contribution in [0.5, 0.6) is 0 Å². The maximum atomic E-state index is 12.6. The minimum atomic E-state index is -0.300. The van der Waals surface area contributed by atoms with E-state index in [1.165, 1.54) is 0 Å². The number of nitrogens with zero attached hydrogens (tertiary/aromatic N) is 2. The smallest absolute Gasteiger partial charge is 0.254 e. The van der Waals surface area contributed by atoms with E-state index < -0.39 is 0 Å². The summed E-state index contributed by atoms with van der Waals surface area (Å²) < 4.78 is 5.45. The third kappa shape index (κ3) is 2.28. The molecule has 2 atom stereocenters. The van der Waals surface area contributed by atoms with Crippen LogP contribution in [-0.4, -0.2) is 58.0 Å². The SMILES string of the molecule is CC1COC(CO)CN1C(=O)c1ccc2cn[nH]c2c1. The molecule has 0 bridgehead atoms. The summed E-state index contributed by atoms with van der Waals surface area (Å²) in [6, 6.07) is 5.49. The number of aromatic nitrogens is 2. The number of amides is 1. The molecule has 20 heavy (non-hydrogen) atoms. The second kappa shape index (κ2) is 5.22. The number of aromatic amines is 1. The number of aliphatic hydroxyl groups is 1. The van der Waals surface area contributed by atoms with Gasteiger partial charge in [-0.25, -0.2) is 0 Å². The molecular weight excluding hydrogens is 258 g/mol. The molecule has 1 aromatic heterocycles. The van der Waals surface area contributed by atoms with E-state index in [9.17, 15) is 9.90 Å². The van der Waals surface area contributed by atoms with Crippen LogP contribution in [0.25, 0.3) is 10.9 Å². The van der Waals surface area contributed by atoms with Crippen LogP contribution in [0.2, 0.25) is 0 Å². The first-order valence-electron chi connectivity index (χ1n) is 6.65. The number of fused-ring (bicyclic) bond motifs is 1. The number of rotatable bonds is 2. The fourth-order valence-corrected chi connectivity index (χ4v) is 2.45. The van der Waals surface area contributed by atoms with Crippen LogP contribution in [0.15, 0.2) is 24.4 Å². The van der Waals surface area contributed by atoms with Gasteiger partial charge in [-0.3, -0.25) is 9.89 Å². The zero-order valence-electron chi connectivity index (χ0n) is 11.2. The Morgan fingerprint density at radius 3 is 3.25 bits per heavy atom. The first-order chi connectivity index (χ1) is 9.69. The number of aliphatic hydroxyl groups excluding tert-OH is 1. The van der Waals surface area contributed by atoms with Gasteiger partial charge in [0.1, 0.15) is 0 Å². The van der Waals surface area contributed by atoms with Crippen LogP contribution in [0.1, 0.15) is 17.3 Å². The predicted molar refractivity (Wildman–Crippen MR) is 73.4 cm³/mol. The lowest BCUT2D eigenvalue weighted by Crippen LogP contribution is -2.52. The van der Waals surface area contributed by atoms with Gasteiger partial charge in [0.15, 0.2) is 0 Å². The minimum Gasteiger partial charge on any atom is -0.394 e. The van der Waals surface area contributed by atoms with Crippen molar-refractivity contribution in [2.45, 2.75) is 19.1 Å². The summed E-state index contributed by atoms with van der Waals surface area (Å²) in [6.45, 7) is 2.73. The first kappa shape index (κ1) is 13.1. The second-order valence-electron chi connectivity index (χ2n) is 5.12. The molecule has 1 fully saturated rings. The van der Waals surface area contributed by atoms with Crippen molar-refractivity contribution in [3.8, 4) is 0 Å². The van der Waals surface area contributed by atoms with E-state index in [-0.39, 0.29) is 24.7 Å². The fraction of sp³-hybridized carbons (Fsp3) is 0.429. The summed E-state index contributed by atoms with van der Waals surface area (Å²) in [4.78, 5) is 14.3. The number of benzene rings is 1. The molecule has 6 nitrogen and oxygen atoms in total. The van der Waals surface area contributed by atoms with Crippen molar-refractivity contribution in [3.63, 3.8) is 0 Å². The zero-order chi connectivity index (χ0) is 14.1. The van der Waals surface area contributed by atoms with E-state index in [1.54, 1.807) is 23.2 Å². The number of carbonyl (C=O) groups is 1. The van der Waals surface area contributed by atoms with Gasteiger partial charge in [0.05, 0.1) is 37.1 Å². The van der Waals surface area contributed by atoms with Crippen molar-refractivity contribution in [1.29, 1.82) is 0 Å². The molecule has 2 N–H and O–H groups in total. The molecule has 3 rings (SSSR count). The van der Waals surface area contributed by atoms with Gasteiger partial charge in [-0.05, 0) is 19.1 Å². The van der Waals surface area contributed by atoms with Gasteiger partial charge in [0.2, 0.25) is 0 Å². The van der Waals surface area contributed by atoms with Crippen molar-refractivity contribution in [2.75, 3.05) is 19.8 Å². The van der Waals surface area contributed by atoms with Crippen molar-refractivity contribution in [1.82, 2.24) is 15.1 Å². The Morgan fingerprint density at radius 1 is 1.60 bits per heavy atom. The molecule has 2 unspecified atom stereocenters. The number of hydrogen-bond donors (Lipinski definition) is 2. The third-order valence-electron chi connectivity index (χ3n) is 3.66. The van der Waals surface area contributed by atoms with Crippen LogP contribution < -0.4 is 0 Å². The van der Waals surface area contributed by atoms with Crippen LogP contribution >= 0.6 is 0 Å². The Bertz CT molecular complexity index is 625. The zero-order valence-corrected chi connectivity index (χ0v) is 11.2. The highest BCUT2D eigenvalue weighted by Gasteiger charge is 2.29. The largest absolute Gasteiger partial charge is 0.394 e. The molecule has 2 aromatic rings. The number of hydrogen-bond acceptors (Lipinski definition) is 4. The molecule has 1 aliphatic heterocycles. The lowest BCUT2D eigenvalue weighted by atomic mass is 10.1. The molecule has 0 radical (unpaired) electrons. The molecule has 1 saturated heterocycles. The van der Waals surface area contributed by atoms with Gasteiger partial charge < -0.3 is 14.7 Å². The normalized spacial score (nSPS) is 23.2. The third-order valence-corrected chi connectivity index (χ3v) is 3.66. The van der Waals surface area contributed by atoms with Gasteiger partial charge in [0.25, 0.3) is 5.91 Å². The Labute approximate surface area is 116 Å². The molecular formula is C14H17N3O3. The minimum absolute atomic E-state index is 0.00256. The molecule has 106 valence electrons. The first-order valence-corrected chi connectivity index (χ1v) is 6.65. The monoisotopic (exact) mass is 275 g/mol. The van der Waals surface area contributed by atoms with Crippen LogP contribution in [0.4, 0.5) is 0 Å². The molecule has 0 aliphatic carbocycles. The van der Waals surface area contributed by atoms with Crippen molar-refractivity contribution in [3.05, 3.63) is 30.0 Å². The maximum Gasteiger partial charge on any atom is 0.254 e. The Kier molecular flexibility index (Phi) is 3.42. The Morgan fingerprint density at radius 2 is 2.45 bits per heavy atom. The highest BCUT2D eigenvalue weighted by Crippen LogP contribution is 2.18. The van der Waals surface area contributed by atoms with Crippen LogP contribution in [0, 0.1) is 0 Å². The van der Waals surface area contributed by atoms with E-state index in [2.05, 4.69) is 10.2 Å². The molecule has 6 heteroatoms. The number of H-pyrrole nitrogens is 1. The van der Waals surface area contributed by atoms with Gasteiger partial charge in [-0.2, -0.15) is 5.10 Å². The van der Waals surface area contributed by atoms with Gasteiger partial charge in [-0.1, -0.05) is 6.07 Å². The maximum absolute atomic E-state index is 12.6. The Hall–Kier alpha value is -1.92. The van der Waals surface area contributed by atoms with Crippen molar-refractivity contribution in [2.24, 2.45) is 0 Å². The van der Waals surface area contributed by atoms with Gasteiger partial charge >= 0.3 is 0 Å². The highest BCUT2D eigenvalue weighted by molar-refractivity contribution is 5.98. The van der Waals surface area contributed by atoms with E-state index >= 15 is 0 Å². The van der Waals surface area contributed by atoms with Crippen LogP contribution in [-0.2, 0) is 4.74 Å². The standard InChI is InChI=1S/C14H17N3O3/c1-9-8-20-12(7-18)6-17(9)14(19)10-2-3-11-5-15-16-13(11)4-10/h2-5,9,12,18H,6-8H2,1H3,(H,15,16). The lowest BCUT2D eigenvalue weighted by Gasteiger charge is -2.37. The molecule has 0 saturated carbocycles.